The highest BCUT2D eigenvalue weighted by molar-refractivity contribution is 6.68. The highest BCUT2D eigenvalue weighted by Crippen LogP contribution is 2.27. The first kappa shape index (κ1) is 11.6. The lowest BCUT2D eigenvalue weighted by Gasteiger charge is -2.09. The van der Waals surface area contributed by atoms with Gasteiger partial charge in [-0.3, -0.25) is 4.79 Å². The quantitative estimate of drug-likeness (QED) is 0.731. The van der Waals surface area contributed by atoms with Crippen molar-refractivity contribution in [1.82, 2.24) is 0 Å². The van der Waals surface area contributed by atoms with Crippen LogP contribution in [0.1, 0.15) is 15.9 Å². The summed E-state index contributed by atoms with van der Waals surface area (Å²) < 4.78 is 0. The Hall–Kier alpha value is -1.86. The van der Waals surface area contributed by atoms with Crippen molar-refractivity contribution in [1.29, 1.82) is 0 Å². The molecular weight excluding hydrogens is 232 g/mol. The van der Waals surface area contributed by atoms with Gasteiger partial charge in [-0.05, 0) is 34.4 Å². The summed E-state index contributed by atoms with van der Waals surface area (Å²) in [5.41, 5.74) is 3.27. The van der Waals surface area contributed by atoms with Crippen LogP contribution in [0.15, 0.2) is 55.1 Å². The molecule has 2 aromatic rings. The van der Waals surface area contributed by atoms with Crippen LogP contribution < -0.4 is 0 Å². The molecule has 1 nitrogen and oxygen atoms in total. The van der Waals surface area contributed by atoms with Crippen molar-refractivity contribution in [2.75, 3.05) is 0 Å². The number of halogens is 1. The molecule has 2 heteroatoms. The smallest absolute Gasteiger partial charge is 0.253 e. The Balaban J connectivity index is 2.67. The minimum absolute atomic E-state index is 0.460. The van der Waals surface area contributed by atoms with E-state index >= 15 is 0 Å². The first-order valence-corrected chi connectivity index (χ1v) is 5.62. The Kier molecular flexibility index (Phi) is 3.40. The third kappa shape index (κ3) is 2.29. The Morgan fingerprint density at radius 3 is 2.35 bits per heavy atom. The number of rotatable bonds is 3. The molecular formula is C15H11ClO. The van der Waals surface area contributed by atoms with Gasteiger partial charge in [0.25, 0.3) is 5.24 Å². The van der Waals surface area contributed by atoms with Gasteiger partial charge in [0.15, 0.2) is 0 Å². The van der Waals surface area contributed by atoms with E-state index < -0.39 is 5.24 Å². The fourth-order valence-electron chi connectivity index (χ4n) is 1.83. The summed E-state index contributed by atoms with van der Waals surface area (Å²) in [6.07, 6.45) is 1.66. The second kappa shape index (κ2) is 4.98. The van der Waals surface area contributed by atoms with E-state index in [4.69, 9.17) is 11.6 Å². The molecule has 0 saturated carbocycles. The van der Waals surface area contributed by atoms with Crippen molar-refractivity contribution in [3.63, 3.8) is 0 Å². The first-order valence-electron chi connectivity index (χ1n) is 5.24. The van der Waals surface area contributed by atoms with Gasteiger partial charge in [0.1, 0.15) is 0 Å². The van der Waals surface area contributed by atoms with Crippen LogP contribution in [0, 0.1) is 0 Å². The number of hydrogen-bond acceptors (Lipinski definition) is 1. The molecule has 0 bridgehead atoms. The van der Waals surface area contributed by atoms with Gasteiger partial charge in [-0.2, -0.15) is 0 Å². The summed E-state index contributed by atoms with van der Waals surface area (Å²) in [5.74, 6) is 0. The van der Waals surface area contributed by atoms with E-state index in [1.165, 1.54) is 0 Å². The van der Waals surface area contributed by atoms with E-state index in [1.54, 1.807) is 12.1 Å². The monoisotopic (exact) mass is 242 g/mol. The van der Waals surface area contributed by atoms with Gasteiger partial charge in [0.2, 0.25) is 0 Å². The average molecular weight is 243 g/mol. The standard InChI is InChI=1S/C15H11ClO/c1-2-12-13(11-7-4-3-5-8-11)9-6-10-14(12)15(16)17/h2-10H,1H2. The molecule has 0 aliphatic heterocycles. The number of benzene rings is 2. The highest BCUT2D eigenvalue weighted by Gasteiger charge is 2.11. The van der Waals surface area contributed by atoms with Gasteiger partial charge in [-0.1, -0.05) is 55.1 Å². The summed E-state index contributed by atoms with van der Waals surface area (Å²) in [4.78, 5) is 11.3. The van der Waals surface area contributed by atoms with Crippen LogP contribution in [0.3, 0.4) is 0 Å². The van der Waals surface area contributed by atoms with Crippen molar-refractivity contribution in [3.8, 4) is 11.1 Å². The van der Waals surface area contributed by atoms with Gasteiger partial charge in [-0.25, -0.2) is 0 Å². The minimum Gasteiger partial charge on any atom is -0.276 e. The normalized spacial score (nSPS) is 9.94. The van der Waals surface area contributed by atoms with Crippen LogP contribution in [0.2, 0.25) is 0 Å². The molecule has 0 aliphatic carbocycles. The van der Waals surface area contributed by atoms with Crippen LogP contribution in [0.4, 0.5) is 0 Å². The third-order valence-corrected chi connectivity index (χ3v) is 2.81. The lowest BCUT2D eigenvalue weighted by Crippen LogP contribution is -1.95. The topological polar surface area (TPSA) is 17.1 Å². The third-order valence-electron chi connectivity index (χ3n) is 2.61. The van der Waals surface area contributed by atoms with Crippen LogP contribution >= 0.6 is 11.6 Å². The van der Waals surface area contributed by atoms with Crippen molar-refractivity contribution in [3.05, 3.63) is 66.2 Å². The second-order valence-corrected chi connectivity index (χ2v) is 3.95. The molecule has 17 heavy (non-hydrogen) atoms. The van der Waals surface area contributed by atoms with Crippen molar-refractivity contribution in [2.45, 2.75) is 0 Å². The predicted octanol–water partition coefficient (Wildman–Crippen LogP) is 4.38. The Morgan fingerprint density at radius 2 is 1.76 bits per heavy atom. The van der Waals surface area contributed by atoms with Crippen molar-refractivity contribution >= 4 is 22.9 Å². The minimum atomic E-state index is -0.460. The van der Waals surface area contributed by atoms with E-state index in [0.29, 0.717) is 5.56 Å². The molecule has 0 heterocycles. The van der Waals surface area contributed by atoms with E-state index in [-0.39, 0.29) is 0 Å². The maximum Gasteiger partial charge on any atom is 0.253 e. The Labute approximate surface area is 105 Å². The zero-order chi connectivity index (χ0) is 12.3. The van der Waals surface area contributed by atoms with Crippen LogP contribution in [0.5, 0.6) is 0 Å². The van der Waals surface area contributed by atoms with E-state index in [2.05, 4.69) is 6.58 Å². The van der Waals surface area contributed by atoms with Gasteiger partial charge >= 0.3 is 0 Å². The van der Waals surface area contributed by atoms with Crippen molar-refractivity contribution in [2.24, 2.45) is 0 Å². The molecule has 0 saturated heterocycles. The largest absolute Gasteiger partial charge is 0.276 e. The summed E-state index contributed by atoms with van der Waals surface area (Å²) in [6.45, 7) is 3.75. The summed E-state index contributed by atoms with van der Waals surface area (Å²) in [6, 6.07) is 15.3. The first-order chi connectivity index (χ1) is 8.24. The molecule has 2 rings (SSSR count). The summed E-state index contributed by atoms with van der Waals surface area (Å²) in [7, 11) is 0. The summed E-state index contributed by atoms with van der Waals surface area (Å²) >= 11 is 5.56. The predicted molar refractivity (Wildman–Crippen MR) is 72.2 cm³/mol. The molecule has 0 unspecified atom stereocenters. The fourth-order valence-corrected chi connectivity index (χ4v) is 1.99. The fraction of sp³-hybridized carbons (Fsp3) is 0. The molecule has 0 N–H and O–H groups in total. The molecule has 0 aromatic heterocycles. The maximum absolute atomic E-state index is 11.3. The van der Waals surface area contributed by atoms with Crippen LogP contribution in [0.25, 0.3) is 17.2 Å². The van der Waals surface area contributed by atoms with Gasteiger partial charge in [0.05, 0.1) is 0 Å². The zero-order valence-corrected chi connectivity index (χ0v) is 9.95. The van der Waals surface area contributed by atoms with E-state index in [9.17, 15) is 4.79 Å². The number of hydrogen-bond donors (Lipinski definition) is 0. The van der Waals surface area contributed by atoms with Gasteiger partial charge in [0, 0.05) is 5.56 Å². The average Bonchev–Trinajstić information content (AvgIpc) is 2.38. The lowest BCUT2D eigenvalue weighted by atomic mass is 9.96. The molecule has 0 fully saturated rings. The molecule has 0 aliphatic rings. The van der Waals surface area contributed by atoms with Crippen LogP contribution in [-0.4, -0.2) is 5.24 Å². The maximum atomic E-state index is 11.3. The zero-order valence-electron chi connectivity index (χ0n) is 9.19. The molecule has 0 atom stereocenters. The Morgan fingerprint density at radius 1 is 1.06 bits per heavy atom. The van der Waals surface area contributed by atoms with Crippen LogP contribution in [-0.2, 0) is 0 Å². The number of carbonyl (C=O) groups excluding carboxylic acids is 1. The van der Waals surface area contributed by atoms with Gasteiger partial charge < -0.3 is 0 Å². The lowest BCUT2D eigenvalue weighted by molar-refractivity contribution is 0.108. The van der Waals surface area contributed by atoms with Gasteiger partial charge in [-0.15, -0.1) is 0 Å². The Bertz CT molecular complexity index is 558. The van der Waals surface area contributed by atoms with E-state index in [0.717, 1.165) is 16.7 Å². The molecule has 84 valence electrons. The molecule has 2 aromatic carbocycles. The summed E-state index contributed by atoms with van der Waals surface area (Å²) in [5, 5.41) is -0.460. The van der Waals surface area contributed by atoms with E-state index in [1.807, 2.05) is 42.5 Å². The molecule has 0 spiro atoms. The second-order valence-electron chi connectivity index (χ2n) is 3.61. The number of carbonyl (C=O) groups is 1. The molecule has 0 amide bonds. The highest BCUT2D eigenvalue weighted by atomic mass is 35.5. The van der Waals surface area contributed by atoms with Crippen molar-refractivity contribution < 1.29 is 4.79 Å². The SMILES string of the molecule is C=Cc1c(C(=O)Cl)cccc1-c1ccccc1. The molecule has 0 radical (unpaired) electrons.